The normalized spacial score (nSPS) is 12.6. The van der Waals surface area contributed by atoms with Gasteiger partial charge in [0, 0.05) is 23.5 Å². The first kappa shape index (κ1) is 23.8. The third kappa shape index (κ3) is 6.16. The van der Waals surface area contributed by atoms with E-state index in [0.717, 1.165) is 26.5 Å². The maximum atomic E-state index is 12.8. The molecule has 0 aliphatic heterocycles. The van der Waals surface area contributed by atoms with E-state index in [9.17, 15) is 9.90 Å². The lowest BCUT2D eigenvalue weighted by molar-refractivity contribution is 0.0221. The fraction of sp³-hybridized carbons (Fsp3) is 0.208. The Kier molecular flexibility index (Phi) is 7.84. The SMILES string of the molecule is CCCC(O)(CNC(=O)c1cc(Sc2cnc(Nc3ccccn3)s2)ccn1)c1ccccn1. The fourth-order valence-electron chi connectivity index (χ4n) is 3.30. The number of nitrogens with zero attached hydrogens (tertiary/aromatic N) is 4. The molecule has 0 aliphatic rings. The Labute approximate surface area is 205 Å². The molecule has 0 saturated heterocycles. The maximum absolute atomic E-state index is 12.8. The van der Waals surface area contributed by atoms with Crippen LogP contribution in [-0.2, 0) is 5.60 Å². The van der Waals surface area contributed by atoms with Gasteiger partial charge in [-0.2, -0.15) is 0 Å². The number of aliphatic hydroxyl groups is 1. The van der Waals surface area contributed by atoms with Crippen molar-refractivity contribution in [3.05, 3.63) is 84.7 Å². The molecule has 0 bridgehead atoms. The van der Waals surface area contributed by atoms with Gasteiger partial charge < -0.3 is 15.7 Å². The molecule has 0 radical (unpaired) electrons. The third-order valence-corrected chi connectivity index (χ3v) is 6.92. The Bertz CT molecular complexity index is 1220. The first-order chi connectivity index (χ1) is 16.6. The van der Waals surface area contributed by atoms with E-state index >= 15 is 0 Å². The number of carbonyl (C=O) groups excluding carboxylic acids is 1. The average Bonchev–Trinajstić information content (AvgIpc) is 3.30. The van der Waals surface area contributed by atoms with E-state index in [4.69, 9.17) is 0 Å². The molecule has 4 rings (SSSR count). The zero-order valence-corrected chi connectivity index (χ0v) is 20.1. The summed E-state index contributed by atoms with van der Waals surface area (Å²) < 4.78 is 0.962. The minimum absolute atomic E-state index is 0.0487. The molecule has 0 aromatic carbocycles. The lowest BCUT2D eigenvalue weighted by Crippen LogP contribution is -2.41. The molecular formula is C24H24N6O2S2. The fourth-order valence-corrected chi connectivity index (χ4v) is 5.19. The van der Waals surface area contributed by atoms with E-state index < -0.39 is 5.60 Å². The van der Waals surface area contributed by atoms with Gasteiger partial charge in [-0.25, -0.2) is 9.97 Å². The highest BCUT2D eigenvalue weighted by molar-refractivity contribution is 8.01. The van der Waals surface area contributed by atoms with E-state index in [1.165, 1.54) is 23.1 Å². The summed E-state index contributed by atoms with van der Waals surface area (Å²) >= 11 is 2.99. The van der Waals surface area contributed by atoms with Gasteiger partial charge in [-0.05, 0) is 42.8 Å². The molecular weight excluding hydrogens is 468 g/mol. The number of nitrogens with one attached hydrogen (secondary N) is 2. The Morgan fingerprint density at radius 1 is 1.06 bits per heavy atom. The number of aromatic nitrogens is 4. The van der Waals surface area contributed by atoms with Crippen LogP contribution in [0.1, 0.15) is 35.9 Å². The summed E-state index contributed by atoms with van der Waals surface area (Å²) in [5.74, 6) is 0.375. The molecule has 8 nitrogen and oxygen atoms in total. The quantitative estimate of drug-likeness (QED) is 0.293. The van der Waals surface area contributed by atoms with Crippen molar-refractivity contribution in [1.82, 2.24) is 25.3 Å². The number of thiazole rings is 1. The van der Waals surface area contributed by atoms with E-state index in [2.05, 4.69) is 30.6 Å². The molecule has 4 aromatic heterocycles. The van der Waals surface area contributed by atoms with E-state index in [-0.39, 0.29) is 18.1 Å². The Morgan fingerprint density at radius 3 is 2.62 bits per heavy atom. The van der Waals surface area contributed by atoms with Crippen LogP contribution in [0.5, 0.6) is 0 Å². The second-order valence-corrected chi connectivity index (χ2v) is 9.89. The van der Waals surface area contributed by atoms with Gasteiger partial charge in [-0.1, -0.05) is 48.6 Å². The predicted octanol–water partition coefficient (Wildman–Crippen LogP) is 4.64. The highest BCUT2D eigenvalue weighted by Crippen LogP contribution is 2.34. The molecule has 1 unspecified atom stereocenters. The van der Waals surface area contributed by atoms with Gasteiger partial charge in [-0.3, -0.25) is 14.8 Å². The highest BCUT2D eigenvalue weighted by atomic mass is 32.2. The van der Waals surface area contributed by atoms with Crippen molar-refractivity contribution in [3.8, 4) is 0 Å². The van der Waals surface area contributed by atoms with Crippen LogP contribution in [0, 0.1) is 0 Å². The number of anilines is 2. The molecule has 0 fully saturated rings. The second kappa shape index (κ2) is 11.2. The zero-order chi connectivity index (χ0) is 23.8. The van der Waals surface area contributed by atoms with E-state index in [1.807, 2.05) is 37.3 Å². The number of rotatable bonds is 10. The van der Waals surface area contributed by atoms with Gasteiger partial charge >= 0.3 is 0 Å². The van der Waals surface area contributed by atoms with Crippen molar-refractivity contribution in [2.24, 2.45) is 0 Å². The molecule has 4 aromatic rings. The summed E-state index contributed by atoms with van der Waals surface area (Å²) in [5, 5.41) is 17.8. The second-order valence-electron chi connectivity index (χ2n) is 7.48. The lowest BCUT2D eigenvalue weighted by atomic mass is 9.93. The first-order valence-corrected chi connectivity index (χ1v) is 12.4. The van der Waals surface area contributed by atoms with Crippen LogP contribution in [0.25, 0.3) is 0 Å². The maximum Gasteiger partial charge on any atom is 0.270 e. The minimum Gasteiger partial charge on any atom is -0.382 e. The van der Waals surface area contributed by atoms with Crippen LogP contribution in [0.4, 0.5) is 10.9 Å². The number of hydrogen-bond donors (Lipinski definition) is 3. The summed E-state index contributed by atoms with van der Waals surface area (Å²) in [4.78, 5) is 30.8. The van der Waals surface area contributed by atoms with Gasteiger partial charge in [0.25, 0.3) is 5.91 Å². The van der Waals surface area contributed by atoms with Gasteiger partial charge in [0.1, 0.15) is 17.1 Å². The van der Waals surface area contributed by atoms with E-state index in [0.29, 0.717) is 12.1 Å². The van der Waals surface area contributed by atoms with Gasteiger partial charge in [0.2, 0.25) is 0 Å². The van der Waals surface area contributed by atoms with Crippen LogP contribution in [0.3, 0.4) is 0 Å². The molecule has 34 heavy (non-hydrogen) atoms. The van der Waals surface area contributed by atoms with Crippen molar-refractivity contribution < 1.29 is 9.90 Å². The molecule has 0 spiro atoms. The van der Waals surface area contributed by atoms with Crippen molar-refractivity contribution in [1.29, 1.82) is 0 Å². The van der Waals surface area contributed by atoms with Crippen molar-refractivity contribution in [2.45, 2.75) is 34.5 Å². The molecule has 0 aliphatic carbocycles. The van der Waals surface area contributed by atoms with Gasteiger partial charge in [0.05, 0.1) is 22.6 Å². The molecule has 1 atom stereocenters. The van der Waals surface area contributed by atoms with Gasteiger partial charge in [-0.15, -0.1) is 0 Å². The standard InChI is InChI=1S/C24H24N6O2S2/c1-2-10-24(32,19-7-3-5-11-26-19)16-29-22(31)18-14-17(9-13-25-18)33-21-15-28-23(34-21)30-20-8-4-6-12-27-20/h3-9,11-15,32H,2,10,16H2,1H3,(H,29,31)(H,27,28,30). The summed E-state index contributed by atoms with van der Waals surface area (Å²) in [6, 6.07) is 14.6. The van der Waals surface area contributed by atoms with Gasteiger partial charge in [0.15, 0.2) is 5.13 Å². The lowest BCUT2D eigenvalue weighted by Gasteiger charge is -2.27. The Morgan fingerprint density at radius 2 is 1.88 bits per heavy atom. The molecule has 0 saturated carbocycles. The number of carbonyl (C=O) groups is 1. The summed E-state index contributed by atoms with van der Waals surface area (Å²) in [6.07, 6.45) is 7.96. The molecule has 10 heteroatoms. The van der Waals surface area contributed by atoms with Crippen molar-refractivity contribution in [2.75, 3.05) is 11.9 Å². The van der Waals surface area contributed by atoms with Crippen LogP contribution >= 0.6 is 23.1 Å². The largest absolute Gasteiger partial charge is 0.382 e. The molecule has 174 valence electrons. The van der Waals surface area contributed by atoms with Crippen LogP contribution < -0.4 is 10.6 Å². The minimum atomic E-state index is -1.24. The third-order valence-electron chi connectivity index (χ3n) is 4.91. The first-order valence-electron chi connectivity index (χ1n) is 10.8. The topological polar surface area (TPSA) is 113 Å². The summed E-state index contributed by atoms with van der Waals surface area (Å²) in [7, 11) is 0. The zero-order valence-electron chi connectivity index (χ0n) is 18.5. The molecule has 4 heterocycles. The molecule has 1 amide bonds. The summed E-state index contributed by atoms with van der Waals surface area (Å²) in [6.45, 7) is 2.03. The predicted molar refractivity (Wildman–Crippen MR) is 133 cm³/mol. The Balaban J connectivity index is 1.39. The number of hydrogen-bond acceptors (Lipinski definition) is 9. The average molecular weight is 493 g/mol. The van der Waals surface area contributed by atoms with Crippen LogP contribution in [-0.4, -0.2) is 37.5 Å². The Hall–Kier alpha value is -3.34. The smallest absolute Gasteiger partial charge is 0.270 e. The highest BCUT2D eigenvalue weighted by Gasteiger charge is 2.30. The summed E-state index contributed by atoms with van der Waals surface area (Å²) in [5.41, 5.74) is -0.423. The van der Waals surface area contributed by atoms with Crippen LogP contribution in [0.15, 0.2) is 82.4 Å². The van der Waals surface area contributed by atoms with Crippen molar-refractivity contribution >= 4 is 40.0 Å². The number of pyridine rings is 3. The van der Waals surface area contributed by atoms with E-state index in [1.54, 1.807) is 43.0 Å². The molecule has 3 N–H and O–H groups in total. The van der Waals surface area contributed by atoms with Crippen molar-refractivity contribution in [3.63, 3.8) is 0 Å². The number of amides is 1. The monoisotopic (exact) mass is 492 g/mol. The van der Waals surface area contributed by atoms with Crippen LogP contribution in [0.2, 0.25) is 0 Å².